The van der Waals surface area contributed by atoms with Gasteiger partial charge >= 0.3 is 0 Å². The second kappa shape index (κ2) is 9.11. The summed E-state index contributed by atoms with van der Waals surface area (Å²) in [6.07, 6.45) is 2.61. The topological polar surface area (TPSA) is 41.9 Å². The highest BCUT2D eigenvalue weighted by molar-refractivity contribution is 5.52. The second-order valence-corrected chi connectivity index (χ2v) is 9.76. The van der Waals surface area contributed by atoms with Crippen LogP contribution in [0, 0.1) is 0 Å². The van der Waals surface area contributed by atoms with E-state index in [1.165, 1.54) is 37.1 Å². The lowest BCUT2D eigenvalue weighted by Crippen LogP contribution is -2.43. The Bertz CT molecular complexity index is 1070. The maximum atomic E-state index is 10.1. The first-order chi connectivity index (χ1) is 16.0. The summed E-state index contributed by atoms with van der Waals surface area (Å²) in [5.41, 5.74) is 3.12. The minimum absolute atomic E-state index is 0.102. The van der Waals surface area contributed by atoms with Crippen molar-refractivity contribution in [2.24, 2.45) is 0 Å². The molecule has 1 N–H and O–H groups in total. The van der Waals surface area contributed by atoms with Crippen molar-refractivity contribution in [1.82, 2.24) is 4.90 Å². The summed E-state index contributed by atoms with van der Waals surface area (Å²) >= 11 is 0. The van der Waals surface area contributed by atoms with E-state index >= 15 is 0 Å². The third-order valence-corrected chi connectivity index (χ3v) is 7.06. The summed E-state index contributed by atoms with van der Waals surface area (Å²) in [5.74, 6) is 2.11. The summed E-state index contributed by atoms with van der Waals surface area (Å²) in [5, 5.41) is 10.1. The molecule has 0 amide bonds. The van der Waals surface area contributed by atoms with Gasteiger partial charge in [-0.1, -0.05) is 48.5 Å². The minimum Gasteiger partial charge on any atom is -0.508 e. The smallest absolute Gasteiger partial charge is 0.127 e. The fourth-order valence-corrected chi connectivity index (χ4v) is 5.49. The zero-order valence-corrected chi connectivity index (χ0v) is 19.5. The van der Waals surface area contributed by atoms with Crippen molar-refractivity contribution in [1.29, 1.82) is 0 Å². The number of ether oxygens (including phenoxy) is 2. The Morgan fingerprint density at radius 2 is 1.67 bits per heavy atom. The van der Waals surface area contributed by atoms with Crippen molar-refractivity contribution < 1.29 is 14.6 Å². The Labute approximate surface area is 196 Å². The van der Waals surface area contributed by atoms with Crippen LogP contribution in [0.15, 0.2) is 72.8 Å². The molecule has 5 rings (SSSR count). The molecule has 0 unspecified atom stereocenters. The van der Waals surface area contributed by atoms with E-state index in [0.29, 0.717) is 0 Å². The van der Waals surface area contributed by atoms with E-state index in [2.05, 4.69) is 73.3 Å². The molecule has 0 bridgehead atoms. The molecule has 3 aromatic rings. The molecule has 2 aliphatic heterocycles. The minimum atomic E-state index is -0.447. The van der Waals surface area contributed by atoms with E-state index in [-0.39, 0.29) is 17.6 Å². The average Bonchev–Trinajstić information content (AvgIpc) is 3.32. The van der Waals surface area contributed by atoms with E-state index in [1.807, 2.05) is 6.07 Å². The molecule has 4 heteroatoms. The third-order valence-electron chi connectivity index (χ3n) is 7.06. The van der Waals surface area contributed by atoms with Crippen molar-refractivity contribution in [2.45, 2.75) is 44.1 Å². The second-order valence-electron chi connectivity index (χ2n) is 9.76. The molecule has 2 heterocycles. The van der Waals surface area contributed by atoms with Crippen LogP contribution >= 0.6 is 0 Å². The molecule has 1 fully saturated rings. The van der Waals surface area contributed by atoms with Crippen molar-refractivity contribution >= 4 is 0 Å². The van der Waals surface area contributed by atoms with Gasteiger partial charge in [0, 0.05) is 30.0 Å². The molecule has 4 nitrogen and oxygen atoms in total. The summed E-state index contributed by atoms with van der Waals surface area (Å²) in [6, 6.07) is 24.6. The molecule has 0 saturated carbocycles. The number of rotatable bonds is 6. The maximum Gasteiger partial charge on any atom is 0.127 e. The Hall–Kier alpha value is -2.98. The highest BCUT2D eigenvalue weighted by Gasteiger charge is 2.45. The fraction of sp³-hybridized carbons (Fsp3) is 0.379. The van der Waals surface area contributed by atoms with Crippen LogP contribution in [0.25, 0.3) is 0 Å². The number of hydrogen-bond donors (Lipinski definition) is 1. The van der Waals surface area contributed by atoms with Gasteiger partial charge in [0.15, 0.2) is 0 Å². The van der Waals surface area contributed by atoms with Crippen LogP contribution in [0.3, 0.4) is 0 Å². The highest BCUT2D eigenvalue weighted by atomic mass is 16.5. The number of hydrogen-bond acceptors (Lipinski definition) is 4. The van der Waals surface area contributed by atoms with Crippen molar-refractivity contribution in [3.05, 3.63) is 89.5 Å². The molecule has 2 atom stereocenters. The van der Waals surface area contributed by atoms with Crippen LogP contribution in [-0.4, -0.2) is 41.8 Å². The van der Waals surface area contributed by atoms with E-state index in [9.17, 15) is 5.11 Å². The number of likely N-dealkylation sites (tertiary alicyclic amines) is 1. The Kier molecular flexibility index (Phi) is 6.03. The lowest BCUT2D eigenvalue weighted by molar-refractivity contribution is 0.0528. The van der Waals surface area contributed by atoms with Crippen molar-refractivity contribution in [2.75, 3.05) is 26.2 Å². The van der Waals surface area contributed by atoms with Gasteiger partial charge in [-0.25, -0.2) is 0 Å². The van der Waals surface area contributed by atoms with E-state index < -0.39 is 5.60 Å². The Morgan fingerprint density at radius 3 is 2.39 bits per heavy atom. The first-order valence-corrected chi connectivity index (χ1v) is 12.0. The Balaban J connectivity index is 1.45. The molecule has 0 aliphatic carbocycles. The summed E-state index contributed by atoms with van der Waals surface area (Å²) in [7, 11) is 0. The van der Waals surface area contributed by atoms with E-state index in [1.54, 1.807) is 12.1 Å². The van der Waals surface area contributed by atoms with Crippen LogP contribution in [0.4, 0.5) is 0 Å². The fourth-order valence-electron chi connectivity index (χ4n) is 5.49. The van der Waals surface area contributed by atoms with Crippen LogP contribution < -0.4 is 9.47 Å². The van der Waals surface area contributed by atoms with Crippen molar-refractivity contribution in [3.8, 4) is 17.2 Å². The molecule has 0 aromatic heterocycles. The number of aromatic hydroxyl groups is 1. The normalized spacial score (nSPS) is 21.9. The third kappa shape index (κ3) is 4.58. The van der Waals surface area contributed by atoms with Gasteiger partial charge < -0.3 is 14.6 Å². The molecule has 2 aliphatic rings. The van der Waals surface area contributed by atoms with E-state index in [0.717, 1.165) is 30.2 Å². The van der Waals surface area contributed by atoms with E-state index in [4.69, 9.17) is 9.47 Å². The largest absolute Gasteiger partial charge is 0.508 e. The van der Waals surface area contributed by atoms with Crippen LogP contribution in [-0.2, 0) is 0 Å². The maximum absolute atomic E-state index is 10.1. The van der Waals surface area contributed by atoms with Gasteiger partial charge in [-0.2, -0.15) is 0 Å². The number of benzene rings is 3. The molecule has 3 aromatic carbocycles. The van der Waals surface area contributed by atoms with Gasteiger partial charge in [0.2, 0.25) is 0 Å². The van der Waals surface area contributed by atoms with Crippen LogP contribution in [0.2, 0.25) is 0 Å². The van der Waals surface area contributed by atoms with Gasteiger partial charge in [-0.15, -0.1) is 0 Å². The Morgan fingerprint density at radius 1 is 0.939 bits per heavy atom. The first-order valence-electron chi connectivity index (χ1n) is 12.0. The number of phenolic OH excluding ortho intramolecular Hbond substituents is 1. The number of phenols is 1. The monoisotopic (exact) mass is 443 g/mol. The van der Waals surface area contributed by atoms with Gasteiger partial charge in [-0.3, -0.25) is 4.90 Å². The zero-order valence-electron chi connectivity index (χ0n) is 19.5. The lowest BCUT2D eigenvalue weighted by atomic mass is 9.68. The summed E-state index contributed by atoms with van der Waals surface area (Å²) in [4.78, 5) is 2.47. The molecular weight excluding hydrogens is 410 g/mol. The average molecular weight is 444 g/mol. The molecule has 172 valence electrons. The van der Waals surface area contributed by atoms with Crippen LogP contribution in [0.5, 0.6) is 17.2 Å². The standard InChI is InChI=1S/C29H33NO3/c1-29(2)28(22-8-4-3-5-9-22)27(25-15-12-23(31)20-26(25)33-29)21-10-13-24(14-11-21)32-19-18-30-16-6-7-17-30/h3-5,8-15,20,27-28,31H,6-7,16-19H2,1-2H3/t27-,28+/m1/s1. The molecule has 0 radical (unpaired) electrons. The number of fused-ring (bicyclic) bond motifs is 1. The first kappa shape index (κ1) is 21.8. The molecule has 1 saturated heterocycles. The lowest BCUT2D eigenvalue weighted by Gasteiger charge is -2.45. The molecule has 33 heavy (non-hydrogen) atoms. The SMILES string of the molecule is CC1(C)Oc2cc(O)ccc2[C@@H](c2ccc(OCCN3CCCC3)cc2)[C@@H]1c1ccccc1. The quantitative estimate of drug-likeness (QED) is 0.511. The molecular formula is C29H33NO3. The van der Waals surface area contributed by atoms with Crippen LogP contribution in [0.1, 0.15) is 55.2 Å². The predicted molar refractivity (Wildman–Crippen MR) is 131 cm³/mol. The van der Waals surface area contributed by atoms with Gasteiger partial charge in [0.1, 0.15) is 29.5 Å². The summed E-state index contributed by atoms with van der Waals surface area (Å²) in [6.45, 7) is 8.37. The number of nitrogens with zero attached hydrogens (tertiary/aromatic N) is 1. The van der Waals surface area contributed by atoms with Crippen molar-refractivity contribution in [3.63, 3.8) is 0 Å². The highest BCUT2D eigenvalue weighted by Crippen LogP contribution is 2.53. The molecule has 0 spiro atoms. The van der Waals surface area contributed by atoms with Gasteiger partial charge in [0.25, 0.3) is 0 Å². The summed E-state index contributed by atoms with van der Waals surface area (Å²) < 4.78 is 12.5. The predicted octanol–water partition coefficient (Wildman–Crippen LogP) is 5.95. The van der Waals surface area contributed by atoms with Gasteiger partial charge in [0.05, 0.1) is 0 Å². The van der Waals surface area contributed by atoms with Gasteiger partial charge in [-0.05, 0) is 69.1 Å². The zero-order chi connectivity index (χ0) is 22.8.